The fourth-order valence-corrected chi connectivity index (χ4v) is 2.38. The van der Waals surface area contributed by atoms with Crippen molar-refractivity contribution in [1.29, 1.82) is 5.26 Å². The van der Waals surface area contributed by atoms with Crippen LogP contribution in [0.1, 0.15) is 12.0 Å². The third-order valence-corrected chi connectivity index (χ3v) is 3.76. The first kappa shape index (κ1) is 18.0. The molecule has 0 unspecified atom stereocenters. The van der Waals surface area contributed by atoms with E-state index in [1.54, 1.807) is 7.11 Å². The molecule has 0 atom stereocenters. The first-order valence-corrected chi connectivity index (χ1v) is 7.96. The van der Waals surface area contributed by atoms with E-state index in [9.17, 15) is 4.79 Å². The molecule has 1 aromatic carbocycles. The maximum absolute atomic E-state index is 11.5. The van der Waals surface area contributed by atoms with Gasteiger partial charge in [0.05, 0.1) is 26.4 Å². The Kier molecular flexibility index (Phi) is 7.33. The zero-order chi connectivity index (χ0) is 17.2. The summed E-state index contributed by atoms with van der Waals surface area (Å²) >= 11 is 0. The van der Waals surface area contributed by atoms with E-state index in [-0.39, 0.29) is 12.3 Å². The maximum Gasteiger partial charge on any atom is 0.234 e. The van der Waals surface area contributed by atoms with Crippen LogP contribution in [0.5, 0.6) is 11.5 Å². The van der Waals surface area contributed by atoms with Crippen molar-refractivity contribution in [2.75, 3.05) is 46.6 Å². The van der Waals surface area contributed by atoms with Gasteiger partial charge in [0.2, 0.25) is 5.91 Å². The van der Waals surface area contributed by atoms with Gasteiger partial charge in [0.15, 0.2) is 0 Å². The van der Waals surface area contributed by atoms with Crippen LogP contribution in [0.3, 0.4) is 0 Å². The van der Waals surface area contributed by atoms with E-state index in [4.69, 9.17) is 19.5 Å². The largest absolute Gasteiger partial charge is 0.497 e. The van der Waals surface area contributed by atoms with Crippen molar-refractivity contribution in [3.8, 4) is 17.6 Å². The molecule has 0 bridgehead atoms. The normalized spacial score (nSPS) is 14.7. The Morgan fingerprint density at radius 2 is 2.21 bits per heavy atom. The Morgan fingerprint density at radius 3 is 2.92 bits per heavy atom. The molecule has 0 spiro atoms. The third kappa shape index (κ3) is 5.72. The topological polar surface area (TPSA) is 83.8 Å². The molecule has 0 aromatic heterocycles. The quantitative estimate of drug-likeness (QED) is 0.762. The highest BCUT2D eigenvalue weighted by Gasteiger charge is 2.12. The molecule has 7 heteroatoms. The minimum atomic E-state index is -0.299. The predicted molar refractivity (Wildman–Crippen MR) is 87.8 cm³/mol. The van der Waals surface area contributed by atoms with Gasteiger partial charge in [-0.1, -0.05) is 0 Å². The molecular formula is C17H23N3O4. The van der Waals surface area contributed by atoms with Gasteiger partial charge in [-0.15, -0.1) is 0 Å². The number of benzene rings is 1. The number of amides is 1. The summed E-state index contributed by atoms with van der Waals surface area (Å²) in [7, 11) is 1.60. The molecule has 1 aliphatic heterocycles. The lowest BCUT2D eigenvalue weighted by Gasteiger charge is -2.26. The zero-order valence-corrected chi connectivity index (χ0v) is 13.9. The van der Waals surface area contributed by atoms with E-state index in [1.165, 1.54) is 0 Å². The Bertz CT molecular complexity index is 580. The van der Waals surface area contributed by atoms with Crippen LogP contribution in [0.4, 0.5) is 0 Å². The molecule has 1 N–H and O–H groups in total. The summed E-state index contributed by atoms with van der Waals surface area (Å²) in [5.41, 5.74) is 0.851. The van der Waals surface area contributed by atoms with Gasteiger partial charge in [0.25, 0.3) is 0 Å². The van der Waals surface area contributed by atoms with Crippen molar-refractivity contribution in [2.24, 2.45) is 0 Å². The summed E-state index contributed by atoms with van der Waals surface area (Å²) in [6.07, 6.45) is -0.149. The summed E-state index contributed by atoms with van der Waals surface area (Å²) < 4.78 is 16.5. The summed E-state index contributed by atoms with van der Waals surface area (Å²) in [4.78, 5) is 13.7. The smallest absolute Gasteiger partial charge is 0.234 e. The molecule has 1 saturated heterocycles. The summed E-state index contributed by atoms with van der Waals surface area (Å²) in [6, 6.07) is 7.32. The van der Waals surface area contributed by atoms with E-state index in [2.05, 4.69) is 10.2 Å². The number of nitrogens with one attached hydrogen (secondary N) is 1. The van der Waals surface area contributed by atoms with Crippen LogP contribution in [-0.4, -0.2) is 57.4 Å². The summed E-state index contributed by atoms with van der Waals surface area (Å²) in [5, 5.41) is 11.2. The molecule has 1 heterocycles. The van der Waals surface area contributed by atoms with Crippen molar-refractivity contribution in [3.63, 3.8) is 0 Å². The fraction of sp³-hybridized carbons (Fsp3) is 0.529. The van der Waals surface area contributed by atoms with Crippen LogP contribution in [0.25, 0.3) is 0 Å². The van der Waals surface area contributed by atoms with Crippen LogP contribution >= 0.6 is 0 Å². The number of morpholine rings is 1. The second-order valence-electron chi connectivity index (χ2n) is 5.39. The minimum Gasteiger partial charge on any atom is -0.497 e. The number of nitrogens with zero attached hydrogens (tertiary/aromatic N) is 2. The summed E-state index contributed by atoms with van der Waals surface area (Å²) in [6.45, 7) is 5.03. The molecule has 0 radical (unpaired) electrons. The van der Waals surface area contributed by atoms with E-state index < -0.39 is 0 Å². The van der Waals surface area contributed by atoms with Crippen molar-refractivity contribution >= 4 is 5.91 Å². The molecule has 1 aliphatic rings. The lowest BCUT2D eigenvalue weighted by molar-refractivity contribution is -0.120. The lowest BCUT2D eigenvalue weighted by Crippen LogP contribution is -2.38. The van der Waals surface area contributed by atoms with Gasteiger partial charge in [-0.2, -0.15) is 5.26 Å². The number of ether oxygens (including phenoxy) is 3. The second kappa shape index (κ2) is 9.75. The van der Waals surface area contributed by atoms with Gasteiger partial charge in [-0.3, -0.25) is 9.69 Å². The van der Waals surface area contributed by atoms with Crippen LogP contribution in [0, 0.1) is 11.3 Å². The number of hydrogen-bond acceptors (Lipinski definition) is 6. The Hall–Kier alpha value is -2.30. The SMILES string of the molecule is COc1ccc(CNC(=O)CC#N)c(OCCN2CCOCC2)c1. The average Bonchev–Trinajstić information content (AvgIpc) is 2.61. The Labute approximate surface area is 142 Å². The van der Waals surface area contributed by atoms with Crippen molar-refractivity contribution in [3.05, 3.63) is 23.8 Å². The number of hydrogen-bond donors (Lipinski definition) is 1. The van der Waals surface area contributed by atoms with E-state index in [0.717, 1.165) is 38.4 Å². The molecule has 2 rings (SSSR count). The van der Waals surface area contributed by atoms with E-state index >= 15 is 0 Å². The highest BCUT2D eigenvalue weighted by Crippen LogP contribution is 2.25. The van der Waals surface area contributed by atoms with Crippen LogP contribution < -0.4 is 14.8 Å². The fourth-order valence-electron chi connectivity index (χ4n) is 2.38. The van der Waals surface area contributed by atoms with Gasteiger partial charge < -0.3 is 19.5 Å². The van der Waals surface area contributed by atoms with E-state index in [0.29, 0.717) is 24.7 Å². The maximum atomic E-state index is 11.5. The number of carbonyl (C=O) groups excluding carboxylic acids is 1. The first-order chi connectivity index (χ1) is 11.7. The van der Waals surface area contributed by atoms with Crippen molar-refractivity contribution in [2.45, 2.75) is 13.0 Å². The zero-order valence-electron chi connectivity index (χ0n) is 13.9. The van der Waals surface area contributed by atoms with Gasteiger partial charge >= 0.3 is 0 Å². The Balaban J connectivity index is 1.92. The van der Waals surface area contributed by atoms with Crippen LogP contribution in [0.2, 0.25) is 0 Å². The molecule has 7 nitrogen and oxygen atoms in total. The molecule has 130 valence electrons. The number of nitriles is 1. The lowest BCUT2D eigenvalue weighted by atomic mass is 10.2. The van der Waals surface area contributed by atoms with Crippen LogP contribution in [0.15, 0.2) is 18.2 Å². The Morgan fingerprint density at radius 1 is 1.42 bits per heavy atom. The average molecular weight is 333 g/mol. The number of carbonyl (C=O) groups is 1. The molecule has 1 amide bonds. The predicted octanol–water partition coefficient (Wildman–Crippen LogP) is 0.936. The second-order valence-corrected chi connectivity index (χ2v) is 5.39. The monoisotopic (exact) mass is 333 g/mol. The highest BCUT2D eigenvalue weighted by molar-refractivity contribution is 5.78. The van der Waals surface area contributed by atoms with Crippen molar-refractivity contribution < 1.29 is 19.0 Å². The van der Waals surface area contributed by atoms with Gasteiger partial charge in [-0.25, -0.2) is 0 Å². The molecule has 0 saturated carbocycles. The molecular weight excluding hydrogens is 310 g/mol. The first-order valence-electron chi connectivity index (χ1n) is 7.96. The number of rotatable bonds is 8. The minimum absolute atomic E-state index is 0.149. The van der Waals surface area contributed by atoms with E-state index in [1.807, 2.05) is 24.3 Å². The third-order valence-electron chi connectivity index (χ3n) is 3.76. The van der Waals surface area contributed by atoms with Gasteiger partial charge in [0, 0.05) is 37.8 Å². The summed E-state index contributed by atoms with van der Waals surface area (Å²) in [5.74, 6) is 1.08. The van der Waals surface area contributed by atoms with Crippen LogP contribution in [-0.2, 0) is 16.1 Å². The molecule has 0 aliphatic carbocycles. The van der Waals surface area contributed by atoms with Crippen molar-refractivity contribution in [1.82, 2.24) is 10.2 Å². The van der Waals surface area contributed by atoms with Gasteiger partial charge in [-0.05, 0) is 12.1 Å². The molecule has 1 aromatic rings. The highest BCUT2D eigenvalue weighted by atomic mass is 16.5. The van der Waals surface area contributed by atoms with Gasteiger partial charge in [0.1, 0.15) is 24.5 Å². The standard InChI is InChI=1S/C17H23N3O4/c1-22-15-3-2-14(13-19-17(21)4-5-18)16(12-15)24-11-8-20-6-9-23-10-7-20/h2-3,12H,4,6-11,13H2,1H3,(H,19,21). The molecule has 24 heavy (non-hydrogen) atoms. The number of methoxy groups -OCH3 is 1. The molecule has 1 fully saturated rings.